The maximum atomic E-state index is 13.0. The number of hydrogen-bond donors (Lipinski definition) is 2. The minimum Gasteiger partial charge on any atom is -0.435 e. The highest BCUT2D eigenvalue weighted by Crippen LogP contribution is 2.49. The first-order chi connectivity index (χ1) is 14.7. The molecule has 5 atom stereocenters. The van der Waals surface area contributed by atoms with Crippen LogP contribution in [-0.2, 0) is 15.1 Å². The van der Waals surface area contributed by atoms with Crippen molar-refractivity contribution in [2.75, 3.05) is 6.54 Å². The largest absolute Gasteiger partial charge is 0.435 e. The van der Waals surface area contributed by atoms with Crippen LogP contribution in [0.15, 0.2) is 24.3 Å². The van der Waals surface area contributed by atoms with E-state index < -0.39 is 24.1 Å². The lowest BCUT2D eigenvalue weighted by Crippen LogP contribution is -2.47. The van der Waals surface area contributed by atoms with E-state index in [2.05, 4.69) is 15.4 Å². The van der Waals surface area contributed by atoms with Crippen molar-refractivity contribution in [1.82, 2.24) is 15.5 Å². The summed E-state index contributed by atoms with van der Waals surface area (Å²) in [6.45, 7) is 0.191. The van der Waals surface area contributed by atoms with Crippen LogP contribution in [0, 0.1) is 17.8 Å². The van der Waals surface area contributed by atoms with Crippen LogP contribution < -0.4 is 15.4 Å². The second-order valence-electron chi connectivity index (χ2n) is 9.04. The van der Waals surface area contributed by atoms with Gasteiger partial charge < -0.3 is 15.4 Å². The van der Waals surface area contributed by atoms with Crippen molar-refractivity contribution in [3.8, 4) is 5.75 Å². The molecule has 4 amide bonds. The number of benzene rings is 1. The summed E-state index contributed by atoms with van der Waals surface area (Å²) < 4.78 is 29.0. The fourth-order valence-corrected chi connectivity index (χ4v) is 5.46. The van der Waals surface area contributed by atoms with Crippen molar-refractivity contribution < 1.29 is 27.9 Å². The predicted molar refractivity (Wildman–Crippen MR) is 107 cm³/mol. The van der Waals surface area contributed by atoms with Crippen LogP contribution in [0.4, 0.5) is 13.6 Å². The fourth-order valence-electron chi connectivity index (χ4n) is 5.46. The van der Waals surface area contributed by atoms with Gasteiger partial charge in [0.05, 0.1) is 0 Å². The van der Waals surface area contributed by atoms with E-state index in [1.807, 2.05) is 6.92 Å². The molecule has 3 fully saturated rings. The number of carbonyl (C=O) groups excluding carboxylic acids is 3. The summed E-state index contributed by atoms with van der Waals surface area (Å²) in [7, 11) is 0. The Morgan fingerprint density at radius 2 is 1.97 bits per heavy atom. The van der Waals surface area contributed by atoms with Crippen LogP contribution in [0.1, 0.15) is 45.1 Å². The number of halogens is 2. The molecule has 7 nitrogen and oxygen atoms in total. The summed E-state index contributed by atoms with van der Waals surface area (Å²) in [5.41, 5.74) is -0.984. The van der Waals surface area contributed by atoms with E-state index in [0.29, 0.717) is 17.4 Å². The average Bonchev–Trinajstić information content (AvgIpc) is 3.39. The number of urea groups is 1. The quantitative estimate of drug-likeness (QED) is 0.645. The topological polar surface area (TPSA) is 87.7 Å². The summed E-state index contributed by atoms with van der Waals surface area (Å²) >= 11 is 0. The van der Waals surface area contributed by atoms with E-state index >= 15 is 0 Å². The highest BCUT2D eigenvalue weighted by Gasteiger charge is 2.50. The number of nitrogens with zero attached hydrogens (tertiary/aromatic N) is 1. The summed E-state index contributed by atoms with van der Waals surface area (Å²) in [5.74, 6) is 0.872. The number of hydrogen-bond acceptors (Lipinski definition) is 4. The van der Waals surface area contributed by atoms with Crippen molar-refractivity contribution in [1.29, 1.82) is 0 Å². The molecule has 1 saturated heterocycles. The molecule has 31 heavy (non-hydrogen) atoms. The zero-order valence-corrected chi connectivity index (χ0v) is 17.6. The molecule has 2 bridgehead atoms. The Bertz CT molecular complexity index is 878. The SMILES string of the molecule is C[C@H](NC(=O)CN1C(=O)N[C@](C)(c2ccc(OC(F)F)cc2)C1=O)[C@H]1C[C@@H]2CC[C@H]1C2. The number of nitrogens with one attached hydrogen (secondary N) is 2. The first-order valence-electron chi connectivity index (χ1n) is 10.7. The van der Waals surface area contributed by atoms with E-state index in [-0.39, 0.29) is 24.2 Å². The standard InChI is InChI=1S/C22H27F2N3O4/c1-12(17-10-13-3-4-14(17)9-13)25-18(28)11-27-19(29)22(2,26-21(27)30)15-5-7-16(8-6-15)31-20(23)24/h5-8,12-14,17,20H,3-4,9-11H2,1-2H3,(H,25,28)(H,26,30)/t12-,13+,14-,17+,22+/m0/s1. The van der Waals surface area contributed by atoms with E-state index in [0.717, 1.165) is 17.2 Å². The molecule has 0 radical (unpaired) electrons. The molecule has 1 aliphatic heterocycles. The molecule has 9 heteroatoms. The lowest BCUT2D eigenvalue weighted by atomic mass is 9.84. The monoisotopic (exact) mass is 435 g/mol. The molecular formula is C22H27F2N3O4. The molecule has 1 heterocycles. The maximum Gasteiger partial charge on any atom is 0.387 e. The van der Waals surface area contributed by atoms with E-state index in [1.54, 1.807) is 0 Å². The second-order valence-corrected chi connectivity index (χ2v) is 9.04. The van der Waals surface area contributed by atoms with Gasteiger partial charge >= 0.3 is 12.6 Å². The van der Waals surface area contributed by atoms with Crippen molar-refractivity contribution in [3.63, 3.8) is 0 Å². The number of rotatable bonds is 7. The summed E-state index contributed by atoms with van der Waals surface area (Å²) in [5, 5.41) is 5.58. The average molecular weight is 435 g/mol. The highest BCUT2D eigenvalue weighted by molar-refractivity contribution is 6.09. The molecule has 2 N–H and O–H groups in total. The molecule has 0 aromatic heterocycles. The highest BCUT2D eigenvalue weighted by atomic mass is 19.3. The smallest absolute Gasteiger partial charge is 0.387 e. The number of imide groups is 1. The third-order valence-electron chi connectivity index (χ3n) is 7.06. The van der Waals surface area contributed by atoms with Gasteiger partial charge in [0.15, 0.2) is 0 Å². The molecule has 1 aromatic carbocycles. The second kappa shape index (κ2) is 8.09. The van der Waals surface area contributed by atoms with Crippen LogP contribution in [-0.4, -0.2) is 41.9 Å². The minimum absolute atomic E-state index is 0.00247. The fraction of sp³-hybridized carbons (Fsp3) is 0.591. The van der Waals surface area contributed by atoms with Gasteiger partial charge in [-0.3, -0.25) is 14.5 Å². The normalized spacial score (nSPS) is 30.6. The van der Waals surface area contributed by atoms with Crippen LogP contribution >= 0.6 is 0 Å². The predicted octanol–water partition coefficient (Wildman–Crippen LogP) is 3.00. The van der Waals surface area contributed by atoms with E-state index in [1.165, 1.54) is 50.5 Å². The lowest BCUT2D eigenvalue weighted by Gasteiger charge is -2.29. The Morgan fingerprint density at radius 3 is 2.55 bits per heavy atom. The molecule has 0 spiro atoms. The molecule has 0 unspecified atom stereocenters. The molecule has 168 valence electrons. The van der Waals surface area contributed by atoms with Gasteiger partial charge in [-0.25, -0.2) is 4.79 Å². The van der Waals surface area contributed by atoms with Crippen LogP contribution in [0.2, 0.25) is 0 Å². The summed E-state index contributed by atoms with van der Waals surface area (Å²) in [4.78, 5) is 38.9. The Hall–Kier alpha value is -2.71. The molecule has 2 saturated carbocycles. The third kappa shape index (κ3) is 4.09. The Labute approximate surface area is 179 Å². The maximum absolute atomic E-state index is 13.0. The van der Waals surface area contributed by atoms with Gasteiger partial charge in [0.1, 0.15) is 17.8 Å². The Kier molecular flexibility index (Phi) is 5.61. The number of alkyl halides is 2. The molecule has 4 rings (SSSR count). The molecule has 1 aromatic rings. The number of amides is 4. The molecule has 3 aliphatic rings. The Morgan fingerprint density at radius 1 is 1.26 bits per heavy atom. The molecular weight excluding hydrogens is 408 g/mol. The Balaban J connectivity index is 1.39. The van der Waals surface area contributed by atoms with Gasteiger partial charge in [0.2, 0.25) is 5.91 Å². The van der Waals surface area contributed by atoms with Crippen LogP contribution in [0.25, 0.3) is 0 Å². The van der Waals surface area contributed by atoms with Crippen molar-refractivity contribution in [3.05, 3.63) is 29.8 Å². The first-order valence-corrected chi connectivity index (χ1v) is 10.7. The first kappa shape index (κ1) is 21.5. The summed E-state index contributed by atoms with van der Waals surface area (Å²) in [6, 6.07) is 4.82. The van der Waals surface area contributed by atoms with Gasteiger partial charge in [0.25, 0.3) is 5.91 Å². The van der Waals surface area contributed by atoms with Crippen LogP contribution in [0.5, 0.6) is 5.75 Å². The van der Waals surface area contributed by atoms with E-state index in [9.17, 15) is 23.2 Å². The summed E-state index contributed by atoms with van der Waals surface area (Å²) in [6.07, 6.45) is 4.84. The van der Waals surface area contributed by atoms with Crippen molar-refractivity contribution in [2.24, 2.45) is 17.8 Å². The van der Waals surface area contributed by atoms with E-state index in [4.69, 9.17) is 0 Å². The van der Waals surface area contributed by atoms with Crippen molar-refractivity contribution in [2.45, 2.75) is 57.7 Å². The zero-order valence-electron chi connectivity index (χ0n) is 17.6. The van der Waals surface area contributed by atoms with Crippen molar-refractivity contribution >= 4 is 17.8 Å². The number of carbonyl (C=O) groups is 3. The third-order valence-corrected chi connectivity index (χ3v) is 7.06. The van der Waals surface area contributed by atoms with Gasteiger partial charge in [-0.15, -0.1) is 0 Å². The van der Waals surface area contributed by atoms with Gasteiger partial charge in [0, 0.05) is 6.04 Å². The van der Waals surface area contributed by atoms with Gasteiger partial charge in [-0.2, -0.15) is 8.78 Å². The lowest BCUT2D eigenvalue weighted by molar-refractivity contribution is -0.135. The van der Waals surface area contributed by atoms with Gasteiger partial charge in [-0.1, -0.05) is 18.6 Å². The number of ether oxygens (including phenoxy) is 1. The number of fused-ring (bicyclic) bond motifs is 2. The van der Waals surface area contributed by atoms with Gasteiger partial charge in [-0.05, 0) is 68.6 Å². The molecule has 2 aliphatic carbocycles. The minimum atomic E-state index is -2.95. The van der Waals surface area contributed by atoms with Crippen LogP contribution in [0.3, 0.4) is 0 Å². The zero-order chi connectivity index (χ0) is 22.3.